The lowest BCUT2D eigenvalue weighted by molar-refractivity contribution is 0.534. The highest BCUT2D eigenvalue weighted by Crippen LogP contribution is 2.33. The Morgan fingerprint density at radius 1 is 1.47 bits per heavy atom. The van der Waals surface area contributed by atoms with Crippen LogP contribution in [0.15, 0.2) is 12.3 Å². The summed E-state index contributed by atoms with van der Waals surface area (Å²) >= 11 is 6.04. The summed E-state index contributed by atoms with van der Waals surface area (Å²) in [4.78, 5) is 8.56. The molecule has 1 saturated carbocycles. The number of nitrogens with one attached hydrogen (secondary N) is 1. The van der Waals surface area contributed by atoms with Gasteiger partial charge in [0.05, 0.1) is 5.54 Å². The predicted molar refractivity (Wildman–Crippen MR) is 62.3 cm³/mol. The summed E-state index contributed by atoms with van der Waals surface area (Å²) in [5, 5.41) is 3.39. The maximum Gasteiger partial charge on any atom is 0.223 e. The van der Waals surface area contributed by atoms with Gasteiger partial charge in [-0.05, 0) is 25.8 Å². The molecule has 0 radical (unpaired) electrons. The van der Waals surface area contributed by atoms with E-state index in [0.717, 1.165) is 18.5 Å². The van der Waals surface area contributed by atoms with E-state index in [1.807, 2.05) is 13.0 Å². The molecule has 0 aliphatic heterocycles. The van der Waals surface area contributed by atoms with E-state index in [-0.39, 0.29) is 5.54 Å². The molecule has 1 aliphatic rings. The van der Waals surface area contributed by atoms with Crippen LogP contribution in [0.4, 0.5) is 5.95 Å². The van der Waals surface area contributed by atoms with Gasteiger partial charge in [-0.1, -0.05) is 12.8 Å². The van der Waals surface area contributed by atoms with E-state index >= 15 is 0 Å². The monoisotopic (exact) mass is 225 g/mol. The first kappa shape index (κ1) is 10.7. The zero-order valence-corrected chi connectivity index (χ0v) is 9.72. The van der Waals surface area contributed by atoms with Crippen LogP contribution in [0.5, 0.6) is 0 Å². The predicted octanol–water partition coefficient (Wildman–Crippen LogP) is 2.75. The molecule has 1 N–H and O–H groups in total. The molecule has 0 atom stereocenters. The van der Waals surface area contributed by atoms with Crippen molar-refractivity contribution in [3.8, 4) is 0 Å². The van der Waals surface area contributed by atoms with E-state index in [1.165, 1.54) is 12.8 Å². The third-order valence-corrected chi connectivity index (χ3v) is 3.50. The summed E-state index contributed by atoms with van der Waals surface area (Å²) in [7, 11) is 0. The standard InChI is InChI=1S/C11H16ClN3/c1-9-4-7-13-10(14-9)15-11(8-12)5-2-3-6-11/h4,7H,2-3,5-6,8H2,1H3,(H,13,14,15). The summed E-state index contributed by atoms with van der Waals surface area (Å²) in [5.74, 6) is 1.34. The lowest BCUT2D eigenvalue weighted by Gasteiger charge is -2.27. The molecule has 1 heterocycles. The van der Waals surface area contributed by atoms with Gasteiger partial charge in [0.1, 0.15) is 0 Å². The molecule has 0 unspecified atom stereocenters. The Bertz CT molecular complexity index is 334. The van der Waals surface area contributed by atoms with Crippen LogP contribution in [0.3, 0.4) is 0 Å². The fraction of sp³-hybridized carbons (Fsp3) is 0.636. The van der Waals surface area contributed by atoms with Crippen molar-refractivity contribution in [2.45, 2.75) is 38.1 Å². The Morgan fingerprint density at radius 3 is 2.80 bits per heavy atom. The fourth-order valence-corrected chi connectivity index (χ4v) is 2.42. The normalized spacial score (nSPS) is 19.1. The number of halogens is 1. The van der Waals surface area contributed by atoms with Crippen molar-refractivity contribution < 1.29 is 0 Å². The Morgan fingerprint density at radius 2 is 2.20 bits per heavy atom. The maximum absolute atomic E-state index is 6.04. The summed E-state index contributed by atoms with van der Waals surface area (Å²) < 4.78 is 0. The highest BCUT2D eigenvalue weighted by Gasteiger charge is 2.33. The zero-order valence-electron chi connectivity index (χ0n) is 8.96. The van der Waals surface area contributed by atoms with Crippen LogP contribution in [0.1, 0.15) is 31.4 Å². The van der Waals surface area contributed by atoms with Crippen LogP contribution in [0.25, 0.3) is 0 Å². The van der Waals surface area contributed by atoms with Crippen LogP contribution in [0, 0.1) is 6.92 Å². The Hall–Kier alpha value is -0.830. The van der Waals surface area contributed by atoms with Crippen molar-refractivity contribution in [1.29, 1.82) is 0 Å². The van der Waals surface area contributed by atoms with Crippen LogP contribution < -0.4 is 5.32 Å². The van der Waals surface area contributed by atoms with Gasteiger partial charge in [-0.25, -0.2) is 9.97 Å². The second-order valence-corrected chi connectivity index (χ2v) is 4.53. The lowest BCUT2D eigenvalue weighted by atomic mass is 10.0. The molecule has 15 heavy (non-hydrogen) atoms. The Kier molecular flexibility index (Phi) is 3.10. The average molecular weight is 226 g/mol. The van der Waals surface area contributed by atoms with E-state index in [0.29, 0.717) is 11.8 Å². The highest BCUT2D eigenvalue weighted by atomic mass is 35.5. The molecule has 1 aromatic heterocycles. The van der Waals surface area contributed by atoms with E-state index in [1.54, 1.807) is 6.20 Å². The second-order valence-electron chi connectivity index (χ2n) is 4.27. The topological polar surface area (TPSA) is 37.8 Å². The molecule has 4 heteroatoms. The smallest absolute Gasteiger partial charge is 0.223 e. The molecule has 0 amide bonds. The van der Waals surface area contributed by atoms with Gasteiger partial charge in [-0.2, -0.15) is 0 Å². The number of rotatable bonds is 3. The first-order chi connectivity index (χ1) is 7.24. The molecular weight excluding hydrogens is 210 g/mol. The Balaban J connectivity index is 2.12. The van der Waals surface area contributed by atoms with E-state index in [2.05, 4.69) is 15.3 Å². The third-order valence-electron chi connectivity index (χ3n) is 2.99. The van der Waals surface area contributed by atoms with Gasteiger partial charge in [-0.3, -0.25) is 0 Å². The number of hydrogen-bond acceptors (Lipinski definition) is 3. The molecule has 0 spiro atoms. The quantitative estimate of drug-likeness (QED) is 0.804. The van der Waals surface area contributed by atoms with E-state index in [9.17, 15) is 0 Å². The van der Waals surface area contributed by atoms with Crippen LogP contribution in [0.2, 0.25) is 0 Å². The van der Waals surface area contributed by atoms with Crippen molar-refractivity contribution in [3.63, 3.8) is 0 Å². The van der Waals surface area contributed by atoms with Crippen LogP contribution in [-0.4, -0.2) is 21.4 Å². The van der Waals surface area contributed by atoms with Gasteiger partial charge in [0.15, 0.2) is 0 Å². The van der Waals surface area contributed by atoms with Crippen molar-refractivity contribution in [1.82, 2.24) is 9.97 Å². The summed E-state index contributed by atoms with van der Waals surface area (Å²) in [6.07, 6.45) is 6.50. The van der Waals surface area contributed by atoms with Gasteiger partial charge in [0.2, 0.25) is 5.95 Å². The van der Waals surface area contributed by atoms with Crippen molar-refractivity contribution >= 4 is 17.5 Å². The number of nitrogens with zero attached hydrogens (tertiary/aromatic N) is 2. The van der Waals surface area contributed by atoms with Gasteiger partial charge in [0.25, 0.3) is 0 Å². The molecule has 0 aromatic carbocycles. The largest absolute Gasteiger partial charge is 0.348 e. The van der Waals surface area contributed by atoms with Gasteiger partial charge >= 0.3 is 0 Å². The minimum Gasteiger partial charge on any atom is -0.348 e. The number of alkyl halides is 1. The minimum absolute atomic E-state index is 0.0232. The molecule has 2 rings (SSSR count). The van der Waals surface area contributed by atoms with Gasteiger partial charge in [-0.15, -0.1) is 11.6 Å². The number of hydrogen-bond donors (Lipinski definition) is 1. The fourth-order valence-electron chi connectivity index (χ4n) is 2.09. The molecule has 1 aliphatic carbocycles. The SMILES string of the molecule is Cc1ccnc(NC2(CCl)CCCC2)n1. The molecule has 1 fully saturated rings. The molecule has 1 aromatic rings. The van der Waals surface area contributed by atoms with Gasteiger partial charge < -0.3 is 5.32 Å². The molecule has 0 saturated heterocycles. The molecule has 82 valence electrons. The van der Waals surface area contributed by atoms with Crippen molar-refractivity contribution in [2.24, 2.45) is 0 Å². The molecule has 3 nitrogen and oxygen atoms in total. The van der Waals surface area contributed by atoms with Crippen molar-refractivity contribution in [3.05, 3.63) is 18.0 Å². The average Bonchev–Trinajstić information content (AvgIpc) is 2.67. The first-order valence-corrected chi connectivity index (χ1v) is 5.91. The molecular formula is C11H16ClN3. The summed E-state index contributed by atoms with van der Waals surface area (Å²) in [5.41, 5.74) is 1.00. The first-order valence-electron chi connectivity index (χ1n) is 5.38. The minimum atomic E-state index is 0.0232. The lowest BCUT2D eigenvalue weighted by Crippen LogP contribution is -2.37. The van der Waals surface area contributed by atoms with Crippen molar-refractivity contribution in [2.75, 3.05) is 11.2 Å². The third kappa shape index (κ3) is 2.40. The second kappa shape index (κ2) is 4.35. The van der Waals surface area contributed by atoms with Crippen LogP contribution >= 0.6 is 11.6 Å². The number of anilines is 1. The number of aromatic nitrogens is 2. The highest BCUT2D eigenvalue weighted by molar-refractivity contribution is 6.18. The van der Waals surface area contributed by atoms with E-state index < -0.39 is 0 Å². The van der Waals surface area contributed by atoms with Crippen LogP contribution in [-0.2, 0) is 0 Å². The zero-order chi connectivity index (χ0) is 10.7. The van der Waals surface area contributed by atoms with Gasteiger partial charge in [0, 0.05) is 17.8 Å². The Labute approximate surface area is 95.3 Å². The maximum atomic E-state index is 6.04. The number of aryl methyl sites for hydroxylation is 1. The summed E-state index contributed by atoms with van der Waals surface area (Å²) in [6.45, 7) is 1.97. The van der Waals surface area contributed by atoms with E-state index in [4.69, 9.17) is 11.6 Å². The molecule has 0 bridgehead atoms. The summed E-state index contributed by atoms with van der Waals surface area (Å²) in [6, 6.07) is 1.90.